The van der Waals surface area contributed by atoms with Crippen molar-refractivity contribution in [2.24, 2.45) is 0 Å². The van der Waals surface area contributed by atoms with Gasteiger partial charge in [0.25, 0.3) is 0 Å². The Morgan fingerprint density at radius 1 is 0.462 bits per heavy atom. The fourth-order valence-electron chi connectivity index (χ4n) is 8.63. The Balaban J connectivity index is 1.03. The van der Waals surface area contributed by atoms with Gasteiger partial charge in [-0.15, -0.1) is 11.3 Å². The molecule has 0 atom stereocenters. The molecule has 3 heteroatoms. The summed E-state index contributed by atoms with van der Waals surface area (Å²) in [7, 11) is 0. The van der Waals surface area contributed by atoms with Crippen LogP contribution in [0.25, 0.3) is 75.1 Å². The van der Waals surface area contributed by atoms with Crippen LogP contribution in [-0.2, 0) is 5.41 Å². The maximum absolute atomic E-state index is 6.39. The maximum Gasteiger partial charge on any atom is 0.137 e. The van der Waals surface area contributed by atoms with E-state index in [9.17, 15) is 0 Å². The molecule has 0 unspecified atom stereocenters. The van der Waals surface area contributed by atoms with Crippen LogP contribution >= 0.6 is 11.3 Å². The molecule has 2 nitrogen and oxygen atoms in total. The monoisotopic (exact) mass is 683 g/mol. The molecule has 52 heavy (non-hydrogen) atoms. The van der Waals surface area contributed by atoms with Crippen molar-refractivity contribution in [1.29, 1.82) is 0 Å². The average Bonchev–Trinajstić information content (AvgIpc) is 3.83. The van der Waals surface area contributed by atoms with Crippen LogP contribution in [0.3, 0.4) is 0 Å². The van der Waals surface area contributed by atoms with E-state index in [0.717, 1.165) is 39.0 Å². The lowest BCUT2D eigenvalue weighted by atomic mass is 9.82. The summed E-state index contributed by atoms with van der Waals surface area (Å²) in [5.74, 6) is 0. The number of nitrogens with zero attached hydrogens (tertiary/aromatic N) is 1. The first-order chi connectivity index (χ1) is 25.5. The first kappa shape index (κ1) is 29.6. The smallest absolute Gasteiger partial charge is 0.137 e. The molecule has 2 aromatic heterocycles. The lowest BCUT2D eigenvalue weighted by Gasteiger charge is -2.28. The van der Waals surface area contributed by atoms with Gasteiger partial charge in [-0.1, -0.05) is 117 Å². The molecule has 0 radical (unpaired) electrons. The second-order valence-electron chi connectivity index (χ2n) is 14.5. The normalized spacial score (nSPS) is 13.3. The molecule has 11 rings (SSSR count). The van der Waals surface area contributed by atoms with Crippen LogP contribution in [0.5, 0.6) is 0 Å². The molecule has 0 spiro atoms. The molecule has 0 saturated heterocycles. The van der Waals surface area contributed by atoms with Gasteiger partial charge in [0.2, 0.25) is 0 Å². The standard InChI is InChI=1S/C49H33NOS/c1-49(2)43-12-6-3-9-37(43)38-25-21-34(28-44(38)49)50(35-22-26-40-39-10-4-7-13-45(39)51-46(40)29-35)33-19-15-30(16-20-33)31-17-23-36-32(27-31)18-24-42-41-11-5-8-14-47(41)52-48(36)42/h3-29H,1-2H3. The number of hydrogen-bond donors (Lipinski definition) is 0. The quantitative estimate of drug-likeness (QED) is 0.184. The van der Waals surface area contributed by atoms with Gasteiger partial charge in [-0.2, -0.15) is 0 Å². The molecule has 246 valence electrons. The number of rotatable bonds is 4. The minimum atomic E-state index is -0.0996. The van der Waals surface area contributed by atoms with Crippen LogP contribution in [-0.4, -0.2) is 0 Å². The SMILES string of the molecule is CC1(C)c2ccccc2-c2ccc(N(c3ccc(-c4ccc5c(ccc6c7ccccc7sc56)c4)cc3)c3ccc4c(c3)oc3ccccc34)cc21. The van der Waals surface area contributed by atoms with E-state index in [1.54, 1.807) is 0 Å². The third kappa shape index (κ3) is 4.30. The van der Waals surface area contributed by atoms with Gasteiger partial charge >= 0.3 is 0 Å². The van der Waals surface area contributed by atoms with E-state index in [2.05, 4.69) is 170 Å². The molecule has 0 bridgehead atoms. The van der Waals surface area contributed by atoms with Crippen molar-refractivity contribution >= 4 is 81.3 Å². The first-order valence-corrected chi connectivity index (χ1v) is 18.7. The highest BCUT2D eigenvalue weighted by molar-refractivity contribution is 7.26. The van der Waals surface area contributed by atoms with Crippen molar-refractivity contribution in [3.8, 4) is 22.3 Å². The molecular weight excluding hydrogens is 651 g/mol. The van der Waals surface area contributed by atoms with Gasteiger partial charge in [-0.25, -0.2) is 0 Å². The number of furan rings is 1. The number of anilines is 3. The molecule has 0 aliphatic heterocycles. The molecule has 0 amide bonds. The number of para-hydroxylation sites is 1. The maximum atomic E-state index is 6.39. The van der Waals surface area contributed by atoms with E-state index in [0.29, 0.717) is 0 Å². The molecule has 10 aromatic rings. The van der Waals surface area contributed by atoms with Crippen LogP contribution in [0.2, 0.25) is 0 Å². The zero-order chi connectivity index (χ0) is 34.6. The zero-order valence-corrected chi connectivity index (χ0v) is 29.7. The predicted molar refractivity (Wildman–Crippen MR) is 222 cm³/mol. The van der Waals surface area contributed by atoms with E-state index in [-0.39, 0.29) is 5.41 Å². The minimum absolute atomic E-state index is 0.0996. The summed E-state index contributed by atoms with van der Waals surface area (Å²) in [5.41, 5.74) is 12.8. The summed E-state index contributed by atoms with van der Waals surface area (Å²) < 4.78 is 9.09. The first-order valence-electron chi connectivity index (χ1n) is 17.9. The highest BCUT2D eigenvalue weighted by atomic mass is 32.1. The largest absolute Gasteiger partial charge is 0.456 e. The Kier molecular flexibility index (Phi) is 6.21. The summed E-state index contributed by atoms with van der Waals surface area (Å²) in [4.78, 5) is 2.37. The van der Waals surface area contributed by atoms with E-state index in [1.807, 2.05) is 23.5 Å². The Hall–Kier alpha value is -6.16. The molecule has 0 fully saturated rings. The summed E-state index contributed by atoms with van der Waals surface area (Å²) in [5, 5.41) is 7.52. The number of fused-ring (bicyclic) bond motifs is 11. The van der Waals surface area contributed by atoms with Gasteiger partial charge in [0.15, 0.2) is 0 Å². The fourth-order valence-corrected chi connectivity index (χ4v) is 9.86. The predicted octanol–water partition coefficient (Wildman–Crippen LogP) is 14.6. The average molecular weight is 684 g/mol. The number of benzene rings is 8. The Bertz CT molecular complexity index is 3050. The van der Waals surface area contributed by atoms with Crippen molar-refractivity contribution < 1.29 is 4.42 Å². The van der Waals surface area contributed by atoms with Gasteiger partial charge in [-0.05, 0) is 98.8 Å². The van der Waals surface area contributed by atoms with Gasteiger partial charge < -0.3 is 9.32 Å². The second kappa shape index (κ2) is 10.9. The third-order valence-electron chi connectivity index (χ3n) is 11.3. The molecule has 2 heterocycles. The molecule has 0 N–H and O–H groups in total. The van der Waals surface area contributed by atoms with Crippen LogP contribution < -0.4 is 4.90 Å². The second-order valence-corrected chi connectivity index (χ2v) is 15.6. The lowest BCUT2D eigenvalue weighted by molar-refractivity contribution is 0.660. The number of thiophene rings is 1. The highest BCUT2D eigenvalue weighted by Crippen LogP contribution is 2.51. The molecule has 1 aliphatic rings. The molecular formula is C49H33NOS. The van der Waals surface area contributed by atoms with Gasteiger partial charge in [0.05, 0.1) is 0 Å². The van der Waals surface area contributed by atoms with Crippen LogP contribution in [0, 0.1) is 0 Å². The van der Waals surface area contributed by atoms with Crippen LogP contribution in [0.1, 0.15) is 25.0 Å². The van der Waals surface area contributed by atoms with Crippen molar-refractivity contribution in [2.75, 3.05) is 4.90 Å². The van der Waals surface area contributed by atoms with Crippen molar-refractivity contribution in [3.63, 3.8) is 0 Å². The fraction of sp³-hybridized carbons (Fsp3) is 0.0612. The molecule has 1 aliphatic carbocycles. The highest BCUT2D eigenvalue weighted by Gasteiger charge is 2.35. The zero-order valence-electron chi connectivity index (χ0n) is 28.9. The van der Waals surface area contributed by atoms with E-state index < -0.39 is 0 Å². The number of hydrogen-bond acceptors (Lipinski definition) is 3. The van der Waals surface area contributed by atoms with E-state index >= 15 is 0 Å². The summed E-state index contributed by atoms with van der Waals surface area (Å²) >= 11 is 1.89. The van der Waals surface area contributed by atoms with E-state index in [4.69, 9.17) is 4.42 Å². The van der Waals surface area contributed by atoms with Gasteiger partial charge in [0.1, 0.15) is 11.2 Å². The summed E-state index contributed by atoms with van der Waals surface area (Å²) in [6.07, 6.45) is 0. The van der Waals surface area contributed by atoms with Crippen molar-refractivity contribution in [3.05, 3.63) is 175 Å². The van der Waals surface area contributed by atoms with Crippen molar-refractivity contribution in [1.82, 2.24) is 0 Å². The van der Waals surface area contributed by atoms with E-state index in [1.165, 1.54) is 64.3 Å². The Morgan fingerprint density at radius 2 is 1.12 bits per heavy atom. The Morgan fingerprint density at radius 3 is 2.02 bits per heavy atom. The topological polar surface area (TPSA) is 16.4 Å². The Labute approximate surface area is 305 Å². The van der Waals surface area contributed by atoms with Gasteiger partial charge in [-0.3, -0.25) is 0 Å². The summed E-state index contributed by atoms with van der Waals surface area (Å²) in [6.45, 7) is 4.69. The van der Waals surface area contributed by atoms with Crippen LogP contribution in [0.4, 0.5) is 17.1 Å². The summed E-state index contributed by atoms with van der Waals surface area (Å²) in [6, 6.07) is 59.9. The van der Waals surface area contributed by atoms with Crippen LogP contribution in [0.15, 0.2) is 168 Å². The lowest BCUT2D eigenvalue weighted by Crippen LogP contribution is -2.16. The van der Waals surface area contributed by atoms with Crippen molar-refractivity contribution in [2.45, 2.75) is 19.3 Å². The third-order valence-corrected chi connectivity index (χ3v) is 12.5. The molecule has 8 aromatic carbocycles. The van der Waals surface area contributed by atoms with Gasteiger partial charge in [0, 0.05) is 59.5 Å². The molecule has 0 saturated carbocycles. The minimum Gasteiger partial charge on any atom is -0.456 e.